The summed E-state index contributed by atoms with van der Waals surface area (Å²) >= 11 is 5.81. The molecule has 1 aromatic carbocycles. The topological polar surface area (TPSA) is 37.4 Å². The van der Waals surface area contributed by atoms with Crippen LogP contribution in [0, 0.1) is 5.82 Å². The average molecular weight is 256 g/mol. The van der Waals surface area contributed by atoms with E-state index in [0.717, 1.165) is 6.07 Å². The average Bonchev–Trinajstić information content (AvgIpc) is 2.28. The summed E-state index contributed by atoms with van der Waals surface area (Å²) in [4.78, 5) is 24.8. The molecule has 0 aliphatic carbocycles. The Balaban J connectivity index is 2.21. The minimum Gasteiger partial charge on any atom is -0.331 e. The number of amides is 1. The largest absolute Gasteiger partial charge is 0.331 e. The van der Waals surface area contributed by atoms with E-state index >= 15 is 0 Å². The van der Waals surface area contributed by atoms with Crippen LogP contribution in [0.1, 0.15) is 23.2 Å². The number of hydrogen-bond acceptors (Lipinski definition) is 2. The van der Waals surface area contributed by atoms with Gasteiger partial charge in [-0.3, -0.25) is 9.59 Å². The number of carbonyl (C=O) groups excluding carboxylic acids is 2. The molecule has 1 aromatic rings. The Bertz CT molecular complexity index is 476. The van der Waals surface area contributed by atoms with E-state index in [1.165, 1.54) is 17.0 Å². The zero-order valence-corrected chi connectivity index (χ0v) is 9.84. The molecule has 0 unspecified atom stereocenters. The Kier molecular flexibility index (Phi) is 3.43. The predicted octanol–water partition coefficient (Wildman–Crippen LogP) is 2.28. The lowest BCUT2D eigenvalue weighted by Crippen LogP contribution is -2.40. The fourth-order valence-electron chi connectivity index (χ4n) is 1.84. The SMILES string of the molecule is O=C1CCCN(C(=O)c2ccc(F)cc2Cl)C1. The number of Topliss-reactive ketones (excluding diaryl/α,β-unsaturated/α-hetero) is 1. The molecule has 0 saturated carbocycles. The molecule has 2 rings (SSSR count). The molecular weight excluding hydrogens is 245 g/mol. The van der Waals surface area contributed by atoms with Crippen molar-refractivity contribution in [2.75, 3.05) is 13.1 Å². The fraction of sp³-hybridized carbons (Fsp3) is 0.333. The van der Waals surface area contributed by atoms with E-state index in [4.69, 9.17) is 11.6 Å². The number of likely N-dealkylation sites (tertiary alicyclic amines) is 1. The van der Waals surface area contributed by atoms with Crippen molar-refractivity contribution >= 4 is 23.3 Å². The highest BCUT2D eigenvalue weighted by atomic mass is 35.5. The van der Waals surface area contributed by atoms with Gasteiger partial charge in [-0.2, -0.15) is 0 Å². The van der Waals surface area contributed by atoms with Crippen molar-refractivity contribution in [3.63, 3.8) is 0 Å². The molecule has 3 nitrogen and oxygen atoms in total. The van der Waals surface area contributed by atoms with Gasteiger partial charge in [-0.1, -0.05) is 11.6 Å². The molecule has 1 aliphatic rings. The normalized spacial score (nSPS) is 16.1. The van der Waals surface area contributed by atoms with Gasteiger partial charge in [-0.25, -0.2) is 4.39 Å². The summed E-state index contributed by atoms with van der Waals surface area (Å²) in [7, 11) is 0. The molecule has 17 heavy (non-hydrogen) atoms. The monoisotopic (exact) mass is 255 g/mol. The smallest absolute Gasteiger partial charge is 0.255 e. The first-order valence-electron chi connectivity index (χ1n) is 5.34. The van der Waals surface area contributed by atoms with Crippen molar-refractivity contribution < 1.29 is 14.0 Å². The van der Waals surface area contributed by atoms with Gasteiger partial charge in [0.1, 0.15) is 5.82 Å². The first-order valence-corrected chi connectivity index (χ1v) is 5.72. The zero-order valence-electron chi connectivity index (χ0n) is 9.08. The maximum atomic E-state index is 12.9. The van der Waals surface area contributed by atoms with Crippen molar-refractivity contribution in [2.45, 2.75) is 12.8 Å². The number of nitrogens with zero attached hydrogens (tertiary/aromatic N) is 1. The third kappa shape index (κ3) is 2.64. The molecule has 5 heteroatoms. The Morgan fingerprint density at radius 3 is 2.82 bits per heavy atom. The first-order chi connectivity index (χ1) is 8.08. The second kappa shape index (κ2) is 4.84. The van der Waals surface area contributed by atoms with Crippen molar-refractivity contribution in [2.24, 2.45) is 0 Å². The van der Waals surface area contributed by atoms with Gasteiger partial charge < -0.3 is 4.90 Å². The number of ketones is 1. The lowest BCUT2D eigenvalue weighted by atomic mass is 10.1. The minimum atomic E-state index is -0.485. The van der Waals surface area contributed by atoms with E-state index in [2.05, 4.69) is 0 Å². The number of rotatable bonds is 1. The summed E-state index contributed by atoms with van der Waals surface area (Å²) in [5.41, 5.74) is 0.239. The third-order valence-corrected chi connectivity index (χ3v) is 3.01. The van der Waals surface area contributed by atoms with E-state index < -0.39 is 5.82 Å². The van der Waals surface area contributed by atoms with Gasteiger partial charge in [0.25, 0.3) is 5.91 Å². The van der Waals surface area contributed by atoms with Crippen molar-refractivity contribution in [3.05, 3.63) is 34.6 Å². The van der Waals surface area contributed by atoms with Gasteiger partial charge in [0.05, 0.1) is 17.1 Å². The number of benzene rings is 1. The van der Waals surface area contributed by atoms with Gasteiger partial charge in [0.2, 0.25) is 0 Å². The Morgan fingerprint density at radius 2 is 2.18 bits per heavy atom. The second-order valence-electron chi connectivity index (χ2n) is 3.99. The Morgan fingerprint density at radius 1 is 1.41 bits per heavy atom. The van der Waals surface area contributed by atoms with Gasteiger partial charge in [0, 0.05) is 13.0 Å². The number of hydrogen-bond donors (Lipinski definition) is 0. The van der Waals surface area contributed by atoms with Crippen LogP contribution in [0.25, 0.3) is 0 Å². The zero-order chi connectivity index (χ0) is 12.4. The lowest BCUT2D eigenvalue weighted by molar-refractivity contribution is -0.121. The van der Waals surface area contributed by atoms with E-state index in [9.17, 15) is 14.0 Å². The minimum absolute atomic E-state index is 0.0443. The molecule has 0 radical (unpaired) electrons. The third-order valence-electron chi connectivity index (χ3n) is 2.70. The van der Waals surface area contributed by atoms with Crippen molar-refractivity contribution in [1.82, 2.24) is 4.90 Å². The van der Waals surface area contributed by atoms with Crippen LogP contribution in [0.5, 0.6) is 0 Å². The lowest BCUT2D eigenvalue weighted by Gasteiger charge is -2.26. The van der Waals surface area contributed by atoms with Gasteiger partial charge in [-0.05, 0) is 24.6 Å². The standard InChI is InChI=1S/C12H11ClFNO2/c13-11-6-8(14)3-4-10(11)12(17)15-5-1-2-9(16)7-15/h3-4,6H,1-2,5,7H2. The Labute approximate surface area is 103 Å². The summed E-state index contributed by atoms with van der Waals surface area (Å²) in [5, 5.41) is 0.0769. The Hall–Kier alpha value is -1.42. The quantitative estimate of drug-likeness (QED) is 0.772. The maximum Gasteiger partial charge on any atom is 0.255 e. The molecule has 0 spiro atoms. The molecule has 0 N–H and O–H groups in total. The summed E-state index contributed by atoms with van der Waals surface area (Å²) in [5.74, 6) is -0.757. The molecule has 0 atom stereocenters. The molecule has 0 aromatic heterocycles. The summed E-state index contributed by atoms with van der Waals surface area (Å²) in [6.45, 7) is 0.658. The van der Waals surface area contributed by atoms with Gasteiger partial charge >= 0.3 is 0 Å². The number of carbonyl (C=O) groups is 2. The van der Waals surface area contributed by atoms with E-state index in [-0.39, 0.29) is 28.8 Å². The van der Waals surface area contributed by atoms with Crippen LogP contribution in [0.3, 0.4) is 0 Å². The van der Waals surface area contributed by atoms with Crippen LogP contribution in [-0.4, -0.2) is 29.7 Å². The van der Waals surface area contributed by atoms with E-state index in [1.807, 2.05) is 0 Å². The van der Waals surface area contributed by atoms with Crippen LogP contribution < -0.4 is 0 Å². The first kappa shape index (κ1) is 12.0. The highest BCUT2D eigenvalue weighted by Gasteiger charge is 2.24. The molecule has 1 amide bonds. The highest BCUT2D eigenvalue weighted by molar-refractivity contribution is 6.33. The molecule has 1 heterocycles. The van der Waals surface area contributed by atoms with Crippen LogP contribution in [0.2, 0.25) is 5.02 Å². The predicted molar refractivity (Wildman–Crippen MR) is 61.6 cm³/mol. The fourth-order valence-corrected chi connectivity index (χ4v) is 2.09. The van der Waals surface area contributed by atoms with Gasteiger partial charge in [0.15, 0.2) is 5.78 Å². The van der Waals surface area contributed by atoms with Crippen LogP contribution in [0.4, 0.5) is 4.39 Å². The molecule has 1 aliphatic heterocycles. The van der Waals surface area contributed by atoms with Crippen LogP contribution in [-0.2, 0) is 4.79 Å². The van der Waals surface area contributed by atoms with Crippen LogP contribution >= 0.6 is 11.6 Å². The van der Waals surface area contributed by atoms with Crippen LogP contribution in [0.15, 0.2) is 18.2 Å². The van der Waals surface area contributed by atoms with Crippen molar-refractivity contribution in [1.29, 1.82) is 0 Å². The summed E-state index contributed by atoms with van der Waals surface area (Å²) in [6, 6.07) is 3.63. The molecule has 90 valence electrons. The molecule has 1 fully saturated rings. The number of halogens is 2. The van der Waals surface area contributed by atoms with E-state index in [0.29, 0.717) is 19.4 Å². The van der Waals surface area contributed by atoms with Crippen molar-refractivity contribution in [3.8, 4) is 0 Å². The van der Waals surface area contributed by atoms with E-state index in [1.54, 1.807) is 0 Å². The van der Waals surface area contributed by atoms with Gasteiger partial charge in [-0.15, -0.1) is 0 Å². The summed E-state index contributed by atoms with van der Waals surface area (Å²) in [6.07, 6.45) is 1.18. The summed E-state index contributed by atoms with van der Waals surface area (Å²) < 4.78 is 12.9. The molecular formula is C12H11ClFNO2. The highest BCUT2D eigenvalue weighted by Crippen LogP contribution is 2.20. The molecule has 0 bridgehead atoms. The maximum absolute atomic E-state index is 12.9. The number of piperidine rings is 1. The molecule has 1 saturated heterocycles. The second-order valence-corrected chi connectivity index (χ2v) is 4.40.